The van der Waals surface area contributed by atoms with Gasteiger partial charge in [-0.25, -0.2) is 9.78 Å². The molecule has 6 aromatic rings. The van der Waals surface area contributed by atoms with E-state index in [4.69, 9.17) is 43.0 Å². The largest absolute Gasteiger partial charge is 0.497 e. The SMILES string of the molecule is COc1ccc(C(OC[C@H]2O[C@@H](n3cnc4c(=O)[nH]c(N)nc43)C[C@@H]2OP(OCCC#N)OC[C@H]2O[C@@H](n3cc(C)c(=O)[nH]c3=O)C[C@@H]2O)(c2ccccc2)c2ccc(OC)cc2)cc1. The number of aryl methyl sites for hydroxylation is 1. The molecule has 21 heteroatoms. The molecule has 0 radical (unpaired) electrons. The fourth-order valence-electron chi connectivity index (χ4n) is 7.91. The molecule has 0 saturated carbocycles. The molecule has 20 nitrogen and oxygen atoms in total. The van der Waals surface area contributed by atoms with Crippen LogP contribution >= 0.6 is 8.60 Å². The molecule has 65 heavy (non-hydrogen) atoms. The topological polar surface area (TPSA) is 262 Å². The smallest absolute Gasteiger partial charge is 0.333 e. The summed E-state index contributed by atoms with van der Waals surface area (Å²) in [6.07, 6.45) is -2.33. The summed E-state index contributed by atoms with van der Waals surface area (Å²) in [7, 11) is 0.919. The molecule has 340 valence electrons. The quantitative estimate of drug-likeness (QED) is 0.0538. The monoisotopic (exact) mass is 910 g/mol. The first-order valence-corrected chi connectivity index (χ1v) is 21.7. The van der Waals surface area contributed by atoms with Crippen LogP contribution in [-0.4, -0.2) is 92.6 Å². The van der Waals surface area contributed by atoms with E-state index < -0.39 is 67.9 Å². The lowest BCUT2D eigenvalue weighted by molar-refractivity contribution is -0.0927. The van der Waals surface area contributed by atoms with Gasteiger partial charge in [-0.15, -0.1) is 0 Å². The van der Waals surface area contributed by atoms with Gasteiger partial charge < -0.3 is 48.1 Å². The van der Waals surface area contributed by atoms with Crippen molar-refractivity contribution in [1.82, 2.24) is 29.1 Å². The molecule has 5 heterocycles. The Morgan fingerprint density at radius 2 is 1.51 bits per heavy atom. The second-order valence-electron chi connectivity index (χ2n) is 15.3. The van der Waals surface area contributed by atoms with Crippen molar-refractivity contribution in [2.24, 2.45) is 0 Å². The highest BCUT2D eigenvalue weighted by Crippen LogP contribution is 2.48. The van der Waals surface area contributed by atoms with Crippen LogP contribution in [-0.2, 0) is 33.4 Å². The molecular weight excluding hydrogens is 864 g/mol. The number of hydrogen-bond donors (Lipinski definition) is 4. The second kappa shape index (κ2) is 19.9. The summed E-state index contributed by atoms with van der Waals surface area (Å²) in [5.74, 6) is 1.19. The van der Waals surface area contributed by atoms with Crippen LogP contribution in [0, 0.1) is 18.3 Å². The number of aliphatic hydroxyl groups is 1. The van der Waals surface area contributed by atoms with Crippen LogP contribution in [0.3, 0.4) is 0 Å². The molecule has 3 aromatic heterocycles. The molecule has 5 N–H and O–H groups in total. The number of aromatic amines is 2. The minimum absolute atomic E-state index is 0.0208. The summed E-state index contributed by atoms with van der Waals surface area (Å²) in [6.45, 7) is 1.20. The van der Waals surface area contributed by atoms with E-state index in [9.17, 15) is 24.8 Å². The number of anilines is 1. The number of fused-ring (bicyclic) bond motifs is 1. The third-order valence-corrected chi connectivity index (χ3v) is 12.4. The summed E-state index contributed by atoms with van der Waals surface area (Å²) >= 11 is 0. The van der Waals surface area contributed by atoms with E-state index >= 15 is 0 Å². The van der Waals surface area contributed by atoms with Crippen molar-refractivity contribution in [3.63, 3.8) is 0 Å². The van der Waals surface area contributed by atoms with E-state index in [-0.39, 0.29) is 56.2 Å². The number of aliphatic hydroxyl groups excluding tert-OH is 1. The number of aromatic nitrogens is 6. The second-order valence-corrected chi connectivity index (χ2v) is 16.4. The Labute approximate surface area is 372 Å². The molecule has 0 amide bonds. The number of rotatable bonds is 18. The van der Waals surface area contributed by atoms with E-state index in [1.807, 2.05) is 78.9 Å². The molecule has 2 aliphatic rings. The van der Waals surface area contributed by atoms with Gasteiger partial charge in [-0.05, 0) is 47.9 Å². The third kappa shape index (κ3) is 9.59. The zero-order valence-corrected chi connectivity index (χ0v) is 36.5. The molecule has 8 rings (SSSR count). The van der Waals surface area contributed by atoms with Gasteiger partial charge in [0.15, 0.2) is 11.2 Å². The summed E-state index contributed by atoms with van der Waals surface area (Å²) in [5, 5.41) is 20.4. The van der Waals surface area contributed by atoms with Crippen molar-refractivity contribution in [2.45, 2.75) is 68.7 Å². The number of benzene rings is 3. The van der Waals surface area contributed by atoms with Gasteiger partial charge in [-0.2, -0.15) is 10.2 Å². The van der Waals surface area contributed by atoms with Crippen LogP contribution in [0.2, 0.25) is 0 Å². The van der Waals surface area contributed by atoms with Crippen molar-refractivity contribution in [2.75, 3.05) is 39.8 Å². The standard InChI is InChI=1S/C44H47N8O12P/c1-26-22-51(43(56)50-40(26)54)36-20-32(53)34(62-36)24-61-65(60-19-7-18-45)64-33-21-37(52-25-47-38-39(52)48-42(46)49-41(38)55)63-35(33)23-59-44(27-8-5-4-6-9-27,28-10-14-30(57-2)15-11-28)29-12-16-31(58-3)17-13-29/h4-6,8-17,22,25,32-37,53H,7,19-21,23-24H2,1-3H3,(H,50,54,56)(H3,46,48,49,55)/t32-,33-,34+,35+,36+,37+,65?/m0/s1. The number of ether oxygens (including phenoxy) is 5. The zero-order chi connectivity index (χ0) is 45.7. The van der Waals surface area contributed by atoms with Gasteiger partial charge in [0.05, 0.1) is 65.1 Å². The average Bonchev–Trinajstić information content (AvgIpc) is 4.04. The molecule has 1 unspecified atom stereocenters. The molecule has 3 aromatic carbocycles. The Balaban J connectivity index is 1.12. The van der Waals surface area contributed by atoms with Crippen molar-refractivity contribution < 1.29 is 42.4 Å². The Kier molecular flexibility index (Phi) is 13.8. The van der Waals surface area contributed by atoms with Crippen LogP contribution in [0.1, 0.15) is 54.0 Å². The van der Waals surface area contributed by atoms with Gasteiger partial charge in [0.2, 0.25) is 5.95 Å². The number of nitrogens with two attached hydrogens (primary N) is 1. The summed E-state index contributed by atoms with van der Waals surface area (Å²) < 4.78 is 52.8. The number of H-pyrrole nitrogens is 2. The predicted octanol–water partition coefficient (Wildman–Crippen LogP) is 4.08. The molecule has 0 aliphatic carbocycles. The van der Waals surface area contributed by atoms with Crippen LogP contribution in [0.25, 0.3) is 11.2 Å². The van der Waals surface area contributed by atoms with Crippen molar-refractivity contribution in [1.29, 1.82) is 5.26 Å². The number of methoxy groups -OCH3 is 2. The highest BCUT2D eigenvalue weighted by Gasteiger charge is 2.45. The number of nitriles is 1. The van der Waals surface area contributed by atoms with E-state index in [0.717, 1.165) is 16.7 Å². The molecule has 2 fully saturated rings. The van der Waals surface area contributed by atoms with Crippen molar-refractivity contribution >= 4 is 25.7 Å². The fraction of sp³-hybridized carbons (Fsp3) is 0.364. The van der Waals surface area contributed by atoms with Gasteiger partial charge in [0.1, 0.15) is 41.8 Å². The van der Waals surface area contributed by atoms with Gasteiger partial charge in [-0.1, -0.05) is 54.6 Å². The van der Waals surface area contributed by atoms with Gasteiger partial charge in [0, 0.05) is 24.6 Å². The zero-order valence-electron chi connectivity index (χ0n) is 35.6. The van der Waals surface area contributed by atoms with Crippen LogP contribution in [0.5, 0.6) is 11.5 Å². The fourth-order valence-corrected chi connectivity index (χ4v) is 9.06. The number of hydrogen-bond acceptors (Lipinski definition) is 16. The Hall–Kier alpha value is -6.27. The maximum atomic E-state index is 12.8. The highest BCUT2D eigenvalue weighted by molar-refractivity contribution is 7.41. The average molecular weight is 911 g/mol. The number of nitrogens with one attached hydrogen (secondary N) is 2. The lowest BCUT2D eigenvalue weighted by Gasteiger charge is -2.37. The lowest BCUT2D eigenvalue weighted by Crippen LogP contribution is -2.38. The van der Waals surface area contributed by atoms with E-state index in [1.54, 1.807) is 25.7 Å². The van der Waals surface area contributed by atoms with Gasteiger partial charge in [0.25, 0.3) is 11.1 Å². The normalized spacial score (nSPS) is 21.3. The highest BCUT2D eigenvalue weighted by atomic mass is 31.2. The maximum Gasteiger partial charge on any atom is 0.333 e. The minimum atomic E-state index is -2.27. The van der Waals surface area contributed by atoms with Crippen LogP contribution in [0.4, 0.5) is 5.95 Å². The molecule has 7 atom stereocenters. The molecule has 2 aliphatic heterocycles. The number of nitrogens with zero attached hydrogens (tertiary/aromatic N) is 5. The van der Waals surface area contributed by atoms with E-state index in [2.05, 4.69) is 26.0 Å². The maximum absolute atomic E-state index is 12.8. The Morgan fingerprint density at radius 1 is 0.862 bits per heavy atom. The lowest BCUT2D eigenvalue weighted by atomic mass is 9.80. The van der Waals surface area contributed by atoms with Crippen LogP contribution < -0.4 is 32.0 Å². The number of nitrogen functional groups attached to an aromatic ring is 1. The van der Waals surface area contributed by atoms with Crippen molar-refractivity contribution in [3.8, 4) is 17.6 Å². The first-order valence-electron chi connectivity index (χ1n) is 20.6. The summed E-state index contributed by atoms with van der Waals surface area (Å²) in [5.41, 5.74) is 5.90. The van der Waals surface area contributed by atoms with Crippen molar-refractivity contribution in [3.05, 3.63) is 145 Å². The number of imidazole rings is 1. The van der Waals surface area contributed by atoms with Crippen LogP contribution in [0.15, 0.2) is 106 Å². The first-order chi connectivity index (χ1) is 31.5. The minimum Gasteiger partial charge on any atom is -0.497 e. The van der Waals surface area contributed by atoms with E-state index in [1.165, 1.54) is 17.1 Å². The van der Waals surface area contributed by atoms with Gasteiger partial charge >= 0.3 is 14.3 Å². The molecule has 0 bridgehead atoms. The molecular formula is C44H47N8O12P. The molecule has 0 spiro atoms. The van der Waals surface area contributed by atoms with E-state index in [0.29, 0.717) is 17.1 Å². The molecule has 2 saturated heterocycles. The third-order valence-electron chi connectivity index (χ3n) is 11.2. The summed E-state index contributed by atoms with van der Waals surface area (Å²) in [6, 6.07) is 26.9. The Morgan fingerprint density at radius 3 is 2.17 bits per heavy atom. The predicted molar refractivity (Wildman–Crippen MR) is 234 cm³/mol. The first kappa shape index (κ1) is 45.3. The van der Waals surface area contributed by atoms with Gasteiger partial charge in [-0.3, -0.25) is 28.7 Å². The Bertz CT molecular complexity index is 2750. The summed E-state index contributed by atoms with van der Waals surface area (Å²) in [4.78, 5) is 50.8.